The zero-order valence-corrected chi connectivity index (χ0v) is 10.3. The quantitative estimate of drug-likeness (QED) is 0.811. The minimum absolute atomic E-state index is 0.352. The first kappa shape index (κ1) is 11.6. The molecule has 0 amide bonds. The molecule has 88 valence electrons. The van der Waals surface area contributed by atoms with Gasteiger partial charge in [0.25, 0.3) is 0 Å². The molecule has 0 aliphatic carbocycles. The van der Waals surface area contributed by atoms with Crippen molar-refractivity contribution in [1.29, 1.82) is 0 Å². The minimum Gasteiger partial charge on any atom is -0.465 e. The maximum Gasteiger partial charge on any atom is 0.123 e. The van der Waals surface area contributed by atoms with Crippen LogP contribution in [0.4, 0.5) is 5.69 Å². The Hall–Kier alpha value is -1.88. The highest BCUT2D eigenvalue weighted by Gasteiger charge is 2.05. The molecule has 0 bridgehead atoms. The number of aryl methyl sites for hydroxylation is 1. The monoisotopic (exact) mass is 247 g/mol. The molecule has 0 saturated heterocycles. The van der Waals surface area contributed by atoms with E-state index in [0.29, 0.717) is 11.5 Å². The van der Waals surface area contributed by atoms with Gasteiger partial charge in [-0.25, -0.2) is 0 Å². The van der Waals surface area contributed by atoms with Crippen molar-refractivity contribution in [2.45, 2.75) is 13.5 Å². The molecule has 2 aromatic heterocycles. The van der Waals surface area contributed by atoms with Crippen LogP contribution in [0.3, 0.4) is 0 Å². The summed E-state index contributed by atoms with van der Waals surface area (Å²) in [5.74, 6) is 1.75. The molecule has 3 N–H and O–H groups in total. The Morgan fingerprint density at radius 2 is 2.29 bits per heavy atom. The van der Waals surface area contributed by atoms with Gasteiger partial charge in [-0.15, -0.1) is 0 Å². The van der Waals surface area contributed by atoms with Crippen molar-refractivity contribution < 1.29 is 4.42 Å². The number of thiocarbonyl (C=S) groups is 1. The van der Waals surface area contributed by atoms with Crippen LogP contribution in [-0.4, -0.2) is 9.97 Å². The van der Waals surface area contributed by atoms with E-state index in [9.17, 15) is 0 Å². The van der Waals surface area contributed by atoms with Crippen LogP contribution in [0.1, 0.15) is 17.1 Å². The standard InChI is InChI=1S/C12H13N3OS/c1-8-2-3-9(16-8)6-15-11-7-14-5-4-10(11)12(13)17/h2-5,7,15H,6H2,1H3,(H2,13,17). The average molecular weight is 247 g/mol. The summed E-state index contributed by atoms with van der Waals surface area (Å²) in [4.78, 5) is 4.39. The second-order valence-electron chi connectivity index (χ2n) is 3.65. The Morgan fingerprint density at radius 1 is 1.47 bits per heavy atom. The number of hydrogen-bond donors (Lipinski definition) is 2. The largest absolute Gasteiger partial charge is 0.465 e. The van der Waals surface area contributed by atoms with Crippen LogP contribution in [0, 0.1) is 6.92 Å². The van der Waals surface area contributed by atoms with E-state index in [-0.39, 0.29) is 0 Å². The number of pyridine rings is 1. The third-order valence-corrected chi connectivity index (χ3v) is 2.56. The first-order valence-corrected chi connectivity index (χ1v) is 5.60. The van der Waals surface area contributed by atoms with Gasteiger partial charge in [0.1, 0.15) is 16.5 Å². The van der Waals surface area contributed by atoms with Crippen LogP contribution in [0.5, 0.6) is 0 Å². The molecule has 0 unspecified atom stereocenters. The van der Waals surface area contributed by atoms with Crippen molar-refractivity contribution in [2.24, 2.45) is 5.73 Å². The molecule has 0 atom stereocenters. The van der Waals surface area contributed by atoms with Gasteiger partial charge in [0, 0.05) is 11.8 Å². The number of anilines is 1. The van der Waals surface area contributed by atoms with E-state index in [4.69, 9.17) is 22.4 Å². The number of aromatic nitrogens is 1. The molecular formula is C12H13N3OS. The number of nitrogens with one attached hydrogen (secondary N) is 1. The molecule has 2 heterocycles. The molecule has 2 aromatic rings. The molecule has 0 saturated carbocycles. The van der Waals surface area contributed by atoms with Crippen LogP contribution in [0.25, 0.3) is 0 Å². The molecule has 17 heavy (non-hydrogen) atoms. The van der Waals surface area contributed by atoms with Crippen molar-refractivity contribution in [3.8, 4) is 0 Å². The van der Waals surface area contributed by atoms with E-state index in [1.54, 1.807) is 18.5 Å². The predicted octanol–water partition coefficient (Wildman–Crippen LogP) is 2.23. The van der Waals surface area contributed by atoms with E-state index < -0.39 is 0 Å². The number of nitrogens with two attached hydrogens (primary N) is 1. The first-order chi connectivity index (χ1) is 8.16. The summed E-state index contributed by atoms with van der Waals surface area (Å²) in [7, 11) is 0. The number of hydrogen-bond acceptors (Lipinski definition) is 4. The molecule has 2 rings (SSSR count). The summed E-state index contributed by atoms with van der Waals surface area (Å²) in [5.41, 5.74) is 7.23. The van der Waals surface area contributed by atoms with Crippen LogP contribution in [-0.2, 0) is 6.54 Å². The zero-order chi connectivity index (χ0) is 12.3. The molecule has 0 spiro atoms. The highest BCUT2D eigenvalue weighted by Crippen LogP contribution is 2.15. The van der Waals surface area contributed by atoms with Gasteiger partial charge in [0.05, 0.1) is 18.4 Å². The molecule has 0 aliphatic rings. The Kier molecular flexibility index (Phi) is 3.39. The summed E-state index contributed by atoms with van der Waals surface area (Å²) in [6.45, 7) is 2.49. The van der Waals surface area contributed by atoms with E-state index in [1.807, 2.05) is 19.1 Å². The highest BCUT2D eigenvalue weighted by molar-refractivity contribution is 7.80. The summed E-state index contributed by atoms with van der Waals surface area (Å²) in [5, 5.41) is 3.20. The SMILES string of the molecule is Cc1ccc(CNc2cnccc2C(N)=S)o1. The smallest absolute Gasteiger partial charge is 0.123 e. The number of nitrogens with zero attached hydrogens (tertiary/aromatic N) is 1. The minimum atomic E-state index is 0.352. The van der Waals surface area contributed by atoms with Gasteiger partial charge in [-0.3, -0.25) is 4.98 Å². The second kappa shape index (κ2) is 4.97. The van der Waals surface area contributed by atoms with Crippen LogP contribution in [0.15, 0.2) is 35.0 Å². The third-order valence-electron chi connectivity index (χ3n) is 2.34. The summed E-state index contributed by atoms with van der Waals surface area (Å²) in [6, 6.07) is 5.64. The fourth-order valence-corrected chi connectivity index (χ4v) is 1.69. The lowest BCUT2D eigenvalue weighted by atomic mass is 10.2. The molecule has 0 aliphatic heterocycles. The van der Waals surface area contributed by atoms with Crippen LogP contribution >= 0.6 is 12.2 Å². The highest BCUT2D eigenvalue weighted by atomic mass is 32.1. The van der Waals surface area contributed by atoms with Gasteiger partial charge in [0.15, 0.2) is 0 Å². The Labute approximate surface area is 105 Å². The maximum atomic E-state index is 5.63. The normalized spacial score (nSPS) is 10.2. The Bertz CT molecular complexity index is 536. The number of rotatable bonds is 4. The summed E-state index contributed by atoms with van der Waals surface area (Å²) < 4.78 is 5.46. The second-order valence-corrected chi connectivity index (χ2v) is 4.09. The summed E-state index contributed by atoms with van der Waals surface area (Å²) in [6.07, 6.45) is 3.36. The molecule has 0 fully saturated rings. The lowest BCUT2D eigenvalue weighted by Gasteiger charge is -2.08. The van der Waals surface area contributed by atoms with Gasteiger partial charge in [-0.1, -0.05) is 12.2 Å². The topological polar surface area (TPSA) is 64.1 Å². The molecule has 5 heteroatoms. The van der Waals surface area contributed by atoms with Crippen molar-refractivity contribution >= 4 is 22.9 Å². The summed E-state index contributed by atoms with van der Waals surface area (Å²) >= 11 is 4.97. The maximum absolute atomic E-state index is 5.63. The van der Waals surface area contributed by atoms with E-state index in [2.05, 4.69) is 10.3 Å². The Morgan fingerprint density at radius 3 is 2.94 bits per heavy atom. The molecule has 0 radical (unpaired) electrons. The van der Waals surface area contributed by atoms with Crippen LogP contribution < -0.4 is 11.1 Å². The van der Waals surface area contributed by atoms with Crippen molar-refractivity contribution in [3.05, 3.63) is 47.7 Å². The molecular weight excluding hydrogens is 234 g/mol. The van der Waals surface area contributed by atoms with Gasteiger partial charge in [-0.05, 0) is 25.1 Å². The lowest BCUT2D eigenvalue weighted by molar-refractivity contribution is 0.490. The molecule has 0 aromatic carbocycles. The van der Waals surface area contributed by atoms with Gasteiger partial charge >= 0.3 is 0 Å². The number of furan rings is 1. The van der Waals surface area contributed by atoms with Crippen molar-refractivity contribution in [1.82, 2.24) is 4.98 Å². The fourth-order valence-electron chi connectivity index (χ4n) is 1.51. The van der Waals surface area contributed by atoms with E-state index >= 15 is 0 Å². The van der Waals surface area contributed by atoms with E-state index in [0.717, 1.165) is 22.8 Å². The van der Waals surface area contributed by atoms with E-state index in [1.165, 1.54) is 0 Å². The fraction of sp³-hybridized carbons (Fsp3) is 0.167. The van der Waals surface area contributed by atoms with Gasteiger partial charge in [-0.2, -0.15) is 0 Å². The zero-order valence-electron chi connectivity index (χ0n) is 9.43. The van der Waals surface area contributed by atoms with Gasteiger partial charge in [0.2, 0.25) is 0 Å². The average Bonchev–Trinajstić information content (AvgIpc) is 2.73. The van der Waals surface area contributed by atoms with Crippen LogP contribution in [0.2, 0.25) is 0 Å². The Balaban J connectivity index is 2.11. The first-order valence-electron chi connectivity index (χ1n) is 5.20. The molecule has 4 nitrogen and oxygen atoms in total. The van der Waals surface area contributed by atoms with Crippen molar-refractivity contribution in [3.63, 3.8) is 0 Å². The van der Waals surface area contributed by atoms with Crippen molar-refractivity contribution in [2.75, 3.05) is 5.32 Å². The predicted molar refractivity (Wildman–Crippen MR) is 70.9 cm³/mol. The van der Waals surface area contributed by atoms with Gasteiger partial charge < -0.3 is 15.5 Å². The lowest BCUT2D eigenvalue weighted by Crippen LogP contribution is -2.13. The third kappa shape index (κ3) is 2.82.